The quantitative estimate of drug-likeness (QED) is 0.616. The molecule has 4 nitrogen and oxygen atoms in total. The number of nitrogens with one attached hydrogen (secondary N) is 1. The van der Waals surface area contributed by atoms with Gasteiger partial charge < -0.3 is 4.74 Å². The molecule has 3 N–H and O–H groups in total. The van der Waals surface area contributed by atoms with Crippen molar-refractivity contribution in [2.24, 2.45) is 11.8 Å². The molecule has 0 saturated carbocycles. The summed E-state index contributed by atoms with van der Waals surface area (Å²) in [5.74, 6) is 6.35. The number of nitrogens with zero attached hydrogens (tertiary/aromatic N) is 1. The lowest BCUT2D eigenvalue weighted by Crippen LogP contribution is -2.31. The number of hydrogen-bond donors (Lipinski definition) is 2. The summed E-state index contributed by atoms with van der Waals surface area (Å²) in [6.07, 6.45) is 5.25. The lowest BCUT2D eigenvalue weighted by atomic mass is 9.90. The van der Waals surface area contributed by atoms with Crippen molar-refractivity contribution in [1.82, 2.24) is 10.4 Å². The molecule has 0 amide bonds. The van der Waals surface area contributed by atoms with Gasteiger partial charge in [-0.2, -0.15) is 0 Å². The average Bonchev–Trinajstić information content (AvgIpc) is 2.38. The number of hydrazine groups is 1. The van der Waals surface area contributed by atoms with E-state index in [4.69, 9.17) is 10.6 Å². The van der Waals surface area contributed by atoms with Crippen LogP contribution in [0.15, 0.2) is 18.3 Å². The molecule has 2 rings (SSSR count). The molecular formula is C13H21N3O. The van der Waals surface area contributed by atoms with Crippen LogP contribution in [0.3, 0.4) is 0 Å². The second kappa shape index (κ2) is 6.10. The summed E-state index contributed by atoms with van der Waals surface area (Å²) in [6.45, 7) is 3.76. The normalized spacial score (nSPS) is 19.2. The van der Waals surface area contributed by atoms with Crippen LogP contribution in [0.1, 0.15) is 36.6 Å². The molecule has 0 aromatic carbocycles. The summed E-state index contributed by atoms with van der Waals surface area (Å²) in [5.41, 5.74) is 5.11. The maximum Gasteiger partial charge on any atom is 0.0477 e. The Hall–Kier alpha value is -0.970. The highest BCUT2D eigenvalue weighted by Crippen LogP contribution is 2.26. The zero-order chi connectivity index (χ0) is 12.1. The average molecular weight is 235 g/mol. The van der Waals surface area contributed by atoms with Crippen LogP contribution in [0, 0.1) is 12.8 Å². The first kappa shape index (κ1) is 12.5. The smallest absolute Gasteiger partial charge is 0.0477 e. The van der Waals surface area contributed by atoms with Gasteiger partial charge in [-0.1, -0.05) is 6.07 Å². The largest absolute Gasteiger partial charge is 0.381 e. The minimum atomic E-state index is 0.200. The van der Waals surface area contributed by atoms with Crippen LogP contribution >= 0.6 is 0 Å². The van der Waals surface area contributed by atoms with Crippen molar-refractivity contribution in [2.75, 3.05) is 13.2 Å². The Morgan fingerprint density at radius 1 is 1.47 bits per heavy atom. The first-order valence-electron chi connectivity index (χ1n) is 6.26. The molecule has 1 aliphatic rings. The van der Waals surface area contributed by atoms with Crippen molar-refractivity contribution in [3.8, 4) is 0 Å². The molecule has 17 heavy (non-hydrogen) atoms. The third-order valence-electron chi connectivity index (χ3n) is 3.45. The Labute approximate surface area is 103 Å². The van der Waals surface area contributed by atoms with Crippen molar-refractivity contribution < 1.29 is 4.74 Å². The summed E-state index contributed by atoms with van der Waals surface area (Å²) in [7, 11) is 0. The predicted octanol–water partition coefficient (Wildman–Crippen LogP) is 1.71. The van der Waals surface area contributed by atoms with Crippen molar-refractivity contribution in [3.63, 3.8) is 0 Å². The maximum absolute atomic E-state index is 5.65. The van der Waals surface area contributed by atoms with E-state index in [1.165, 1.54) is 5.56 Å². The van der Waals surface area contributed by atoms with Crippen LogP contribution in [0.4, 0.5) is 0 Å². The van der Waals surface area contributed by atoms with Gasteiger partial charge in [-0.3, -0.25) is 16.3 Å². The number of pyridine rings is 1. The molecule has 1 saturated heterocycles. The second-order valence-electron chi connectivity index (χ2n) is 4.74. The molecule has 0 bridgehead atoms. The molecule has 94 valence electrons. The fourth-order valence-corrected chi connectivity index (χ4v) is 2.30. The molecule has 0 spiro atoms. The van der Waals surface area contributed by atoms with E-state index in [1.807, 2.05) is 19.2 Å². The van der Waals surface area contributed by atoms with Crippen LogP contribution in [-0.4, -0.2) is 18.2 Å². The van der Waals surface area contributed by atoms with E-state index >= 15 is 0 Å². The van der Waals surface area contributed by atoms with Crippen LogP contribution in [0.5, 0.6) is 0 Å². The molecule has 1 atom stereocenters. The van der Waals surface area contributed by atoms with Gasteiger partial charge in [0.25, 0.3) is 0 Å². The molecule has 1 aromatic heterocycles. The van der Waals surface area contributed by atoms with Gasteiger partial charge in [-0.05, 0) is 43.7 Å². The first-order valence-corrected chi connectivity index (χ1v) is 6.26. The Bertz CT molecular complexity index is 333. The lowest BCUT2D eigenvalue weighted by Gasteiger charge is -2.26. The Balaban J connectivity index is 1.97. The summed E-state index contributed by atoms with van der Waals surface area (Å²) in [6, 6.07) is 4.33. The van der Waals surface area contributed by atoms with Gasteiger partial charge in [0.2, 0.25) is 0 Å². The zero-order valence-corrected chi connectivity index (χ0v) is 10.4. The van der Waals surface area contributed by atoms with Crippen molar-refractivity contribution in [3.05, 3.63) is 29.6 Å². The van der Waals surface area contributed by atoms with Crippen molar-refractivity contribution in [2.45, 2.75) is 32.2 Å². The number of hydrogen-bond acceptors (Lipinski definition) is 4. The maximum atomic E-state index is 5.65. The third-order valence-corrected chi connectivity index (χ3v) is 3.45. The SMILES string of the molecule is Cc1ccc(C(CC2CCOCC2)NN)cn1. The Morgan fingerprint density at radius 2 is 2.24 bits per heavy atom. The van der Waals surface area contributed by atoms with E-state index in [1.54, 1.807) is 0 Å². The van der Waals surface area contributed by atoms with E-state index < -0.39 is 0 Å². The molecule has 1 fully saturated rings. The van der Waals surface area contributed by atoms with E-state index in [2.05, 4.69) is 16.5 Å². The van der Waals surface area contributed by atoms with Crippen molar-refractivity contribution >= 4 is 0 Å². The molecule has 4 heteroatoms. The molecule has 2 heterocycles. The summed E-state index contributed by atoms with van der Waals surface area (Å²) < 4.78 is 5.37. The molecular weight excluding hydrogens is 214 g/mol. The van der Waals surface area contributed by atoms with E-state index in [9.17, 15) is 0 Å². The van der Waals surface area contributed by atoms with E-state index in [0.29, 0.717) is 5.92 Å². The van der Waals surface area contributed by atoms with E-state index in [0.717, 1.165) is 38.2 Å². The van der Waals surface area contributed by atoms with Gasteiger partial charge in [0.15, 0.2) is 0 Å². The highest BCUT2D eigenvalue weighted by Gasteiger charge is 2.19. The van der Waals surface area contributed by atoms with Gasteiger partial charge in [0.05, 0.1) is 0 Å². The third kappa shape index (κ3) is 3.49. The highest BCUT2D eigenvalue weighted by atomic mass is 16.5. The summed E-state index contributed by atoms with van der Waals surface area (Å²) >= 11 is 0. The van der Waals surface area contributed by atoms with Crippen LogP contribution in [-0.2, 0) is 4.74 Å². The van der Waals surface area contributed by atoms with Gasteiger partial charge in [-0.25, -0.2) is 0 Å². The highest BCUT2D eigenvalue weighted by molar-refractivity contribution is 5.17. The molecule has 0 aliphatic carbocycles. The van der Waals surface area contributed by atoms with Gasteiger partial charge >= 0.3 is 0 Å². The van der Waals surface area contributed by atoms with Gasteiger partial charge in [-0.15, -0.1) is 0 Å². The van der Waals surface area contributed by atoms with Crippen LogP contribution in [0.2, 0.25) is 0 Å². The number of ether oxygens (including phenoxy) is 1. The van der Waals surface area contributed by atoms with Gasteiger partial charge in [0.1, 0.15) is 0 Å². The monoisotopic (exact) mass is 235 g/mol. The Morgan fingerprint density at radius 3 is 2.82 bits per heavy atom. The minimum absolute atomic E-state index is 0.200. The van der Waals surface area contributed by atoms with Crippen LogP contribution in [0.25, 0.3) is 0 Å². The Kier molecular flexibility index (Phi) is 4.48. The number of rotatable bonds is 4. The van der Waals surface area contributed by atoms with Gasteiger partial charge in [0, 0.05) is 31.1 Å². The van der Waals surface area contributed by atoms with Crippen LogP contribution < -0.4 is 11.3 Å². The number of aromatic nitrogens is 1. The minimum Gasteiger partial charge on any atom is -0.381 e. The number of nitrogens with two attached hydrogens (primary N) is 1. The fraction of sp³-hybridized carbons (Fsp3) is 0.615. The van der Waals surface area contributed by atoms with E-state index in [-0.39, 0.29) is 6.04 Å². The first-order chi connectivity index (χ1) is 8.29. The molecule has 1 unspecified atom stereocenters. The summed E-state index contributed by atoms with van der Waals surface area (Å²) in [5, 5.41) is 0. The standard InChI is InChI=1S/C13H21N3O/c1-10-2-3-12(9-15-10)13(16-14)8-11-4-6-17-7-5-11/h2-3,9,11,13,16H,4-8,14H2,1H3. The second-order valence-corrected chi connectivity index (χ2v) is 4.74. The zero-order valence-electron chi connectivity index (χ0n) is 10.4. The molecule has 1 aromatic rings. The van der Waals surface area contributed by atoms with Crippen molar-refractivity contribution in [1.29, 1.82) is 0 Å². The topological polar surface area (TPSA) is 60.2 Å². The summed E-state index contributed by atoms with van der Waals surface area (Å²) in [4.78, 5) is 4.32. The lowest BCUT2D eigenvalue weighted by molar-refractivity contribution is 0.0605. The molecule has 1 aliphatic heterocycles. The molecule has 0 radical (unpaired) electrons. The number of aryl methyl sites for hydroxylation is 1. The fourth-order valence-electron chi connectivity index (χ4n) is 2.30. The predicted molar refractivity (Wildman–Crippen MR) is 67.2 cm³/mol.